The van der Waals surface area contributed by atoms with Gasteiger partial charge in [-0.3, -0.25) is 0 Å². The van der Waals surface area contributed by atoms with Crippen molar-refractivity contribution in [1.82, 2.24) is 9.13 Å². The van der Waals surface area contributed by atoms with E-state index in [1.807, 2.05) is 0 Å². The van der Waals surface area contributed by atoms with Gasteiger partial charge in [-0.2, -0.15) is 0 Å². The van der Waals surface area contributed by atoms with E-state index < -0.39 is 0 Å². The molecule has 0 amide bonds. The van der Waals surface area contributed by atoms with Crippen LogP contribution in [0.1, 0.15) is 36.1 Å². The summed E-state index contributed by atoms with van der Waals surface area (Å²) < 4.78 is 4.96. The first kappa shape index (κ1) is 26.2. The summed E-state index contributed by atoms with van der Waals surface area (Å²) in [4.78, 5) is 0. The number of nitrogens with zero attached hydrogens (tertiary/aromatic N) is 2. The highest BCUT2D eigenvalue weighted by molar-refractivity contribution is 6.29. The van der Waals surface area contributed by atoms with E-state index in [2.05, 4.69) is 169 Å². The molecule has 11 rings (SSSR count). The molecule has 0 radical (unpaired) electrons. The van der Waals surface area contributed by atoms with E-state index in [4.69, 9.17) is 0 Å². The molecule has 48 heavy (non-hydrogen) atoms. The van der Waals surface area contributed by atoms with Gasteiger partial charge in [0, 0.05) is 38.3 Å². The summed E-state index contributed by atoms with van der Waals surface area (Å²) in [6.45, 7) is 4.70. The normalized spacial score (nSPS) is 14.1. The zero-order valence-corrected chi connectivity index (χ0v) is 27.0. The van der Waals surface area contributed by atoms with E-state index in [0.717, 1.165) is 6.42 Å². The molecule has 0 aliphatic heterocycles. The minimum Gasteiger partial charge on any atom is -0.309 e. The largest absolute Gasteiger partial charge is 0.309 e. The first-order chi connectivity index (χ1) is 23.6. The van der Waals surface area contributed by atoms with Gasteiger partial charge < -0.3 is 9.13 Å². The van der Waals surface area contributed by atoms with Crippen LogP contribution in [-0.4, -0.2) is 9.13 Å². The van der Waals surface area contributed by atoms with E-state index in [1.165, 1.54) is 99.5 Å². The molecule has 2 aliphatic rings. The number of benzene rings is 7. The molecular weight excluding hydrogens is 581 g/mol. The van der Waals surface area contributed by atoms with Crippen LogP contribution in [0.25, 0.3) is 77.2 Å². The third-order valence-electron chi connectivity index (χ3n) is 11.3. The maximum atomic E-state index is 2.48. The lowest BCUT2D eigenvalue weighted by Gasteiger charge is -2.21. The SMILES string of the molecule is CC1(C)c2ccccc2-c2cc(-n3c4ccccc4c4c5c6ccccc6n(-c6ccc7c(c6)-c6ccccc6C7)c5ccc43)ccc21. The van der Waals surface area contributed by atoms with Crippen LogP contribution in [0.3, 0.4) is 0 Å². The third-order valence-corrected chi connectivity index (χ3v) is 11.3. The molecule has 2 heterocycles. The van der Waals surface area contributed by atoms with Gasteiger partial charge in [0.15, 0.2) is 0 Å². The summed E-state index contributed by atoms with van der Waals surface area (Å²) in [7, 11) is 0. The van der Waals surface area contributed by atoms with Gasteiger partial charge in [-0.25, -0.2) is 0 Å². The molecular formula is C46H32N2. The van der Waals surface area contributed by atoms with Crippen molar-refractivity contribution < 1.29 is 0 Å². The molecule has 2 aliphatic carbocycles. The van der Waals surface area contributed by atoms with Crippen LogP contribution in [0.15, 0.2) is 146 Å². The van der Waals surface area contributed by atoms with Crippen molar-refractivity contribution in [3.63, 3.8) is 0 Å². The average Bonchev–Trinajstić information content (AvgIpc) is 3.83. The molecule has 2 nitrogen and oxygen atoms in total. The van der Waals surface area contributed by atoms with Crippen LogP contribution < -0.4 is 0 Å². The Morgan fingerprint density at radius 2 is 0.938 bits per heavy atom. The van der Waals surface area contributed by atoms with E-state index in [9.17, 15) is 0 Å². The lowest BCUT2D eigenvalue weighted by molar-refractivity contribution is 0.660. The molecule has 7 aromatic carbocycles. The van der Waals surface area contributed by atoms with E-state index in [1.54, 1.807) is 0 Å². The maximum Gasteiger partial charge on any atom is 0.0548 e. The van der Waals surface area contributed by atoms with Gasteiger partial charge >= 0.3 is 0 Å². The molecule has 0 fully saturated rings. The van der Waals surface area contributed by atoms with E-state index in [-0.39, 0.29) is 5.41 Å². The summed E-state index contributed by atoms with van der Waals surface area (Å²) in [5.41, 5.74) is 18.4. The lowest BCUT2D eigenvalue weighted by Crippen LogP contribution is -2.14. The third kappa shape index (κ3) is 3.27. The van der Waals surface area contributed by atoms with Crippen molar-refractivity contribution in [1.29, 1.82) is 0 Å². The Morgan fingerprint density at radius 3 is 1.65 bits per heavy atom. The Kier molecular flexibility index (Phi) is 5.00. The van der Waals surface area contributed by atoms with E-state index >= 15 is 0 Å². The van der Waals surface area contributed by atoms with Crippen LogP contribution in [0.2, 0.25) is 0 Å². The lowest BCUT2D eigenvalue weighted by atomic mass is 9.82. The second kappa shape index (κ2) is 9.14. The molecule has 9 aromatic rings. The Morgan fingerprint density at radius 1 is 0.417 bits per heavy atom. The molecule has 0 saturated heterocycles. The fraction of sp³-hybridized carbons (Fsp3) is 0.0870. The molecule has 2 aromatic heterocycles. The fourth-order valence-electron chi connectivity index (χ4n) is 9.17. The first-order valence-electron chi connectivity index (χ1n) is 17.0. The number of hydrogen-bond donors (Lipinski definition) is 0. The Balaban J connectivity index is 1.20. The highest BCUT2D eigenvalue weighted by Crippen LogP contribution is 2.50. The second-order valence-electron chi connectivity index (χ2n) is 14.1. The predicted octanol–water partition coefficient (Wildman–Crippen LogP) is 11.8. The van der Waals surface area contributed by atoms with Gasteiger partial charge in [-0.15, -0.1) is 0 Å². The summed E-state index contributed by atoms with van der Waals surface area (Å²) in [5.74, 6) is 0. The van der Waals surface area contributed by atoms with Crippen LogP contribution in [-0.2, 0) is 11.8 Å². The van der Waals surface area contributed by atoms with Crippen molar-refractivity contribution in [3.05, 3.63) is 168 Å². The quantitative estimate of drug-likeness (QED) is 0.184. The summed E-state index contributed by atoms with van der Waals surface area (Å²) in [6.07, 6.45) is 1.00. The van der Waals surface area contributed by atoms with Crippen molar-refractivity contribution in [3.8, 4) is 33.6 Å². The predicted molar refractivity (Wildman–Crippen MR) is 201 cm³/mol. The maximum absolute atomic E-state index is 2.48. The smallest absolute Gasteiger partial charge is 0.0548 e. The van der Waals surface area contributed by atoms with Crippen molar-refractivity contribution in [2.45, 2.75) is 25.7 Å². The monoisotopic (exact) mass is 612 g/mol. The molecule has 226 valence electrons. The summed E-state index contributed by atoms with van der Waals surface area (Å²) in [5, 5.41) is 5.19. The van der Waals surface area contributed by atoms with Crippen LogP contribution in [0.4, 0.5) is 0 Å². The molecule has 0 saturated carbocycles. The van der Waals surface area contributed by atoms with Crippen LogP contribution in [0.5, 0.6) is 0 Å². The summed E-state index contributed by atoms with van der Waals surface area (Å²) in [6, 6.07) is 54.5. The molecule has 0 atom stereocenters. The number of aromatic nitrogens is 2. The van der Waals surface area contributed by atoms with Gasteiger partial charge in [0.1, 0.15) is 0 Å². The molecule has 0 N–H and O–H groups in total. The van der Waals surface area contributed by atoms with Gasteiger partial charge in [0.2, 0.25) is 0 Å². The highest BCUT2D eigenvalue weighted by Gasteiger charge is 2.35. The van der Waals surface area contributed by atoms with Gasteiger partial charge in [-0.1, -0.05) is 111 Å². The first-order valence-corrected chi connectivity index (χ1v) is 17.0. The minimum absolute atomic E-state index is 0.0150. The number of para-hydroxylation sites is 2. The van der Waals surface area contributed by atoms with Gasteiger partial charge in [-0.05, 0) is 99.5 Å². The zero-order valence-electron chi connectivity index (χ0n) is 27.0. The molecule has 0 spiro atoms. The Hall–Kier alpha value is -5.86. The Bertz CT molecular complexity index is 2840. The molecule has 0 unspecified atom stereocenters. The summed E-state index contributed by atoms with van der Waals surface area (Å²) >= 11 is 0. The number of fused-ring (bicyclic) bond motifs is 13. The Labute approximate surface area is 279 Å². The van der Waals surface area contributed by atoms with Crippen LogP contribution >= 0.6 is 0 Å². The van der Waals surface area contributed by atoms with Crippen molar-refractivity contribution in [2.24, 2.45) is 0 Å². The van der Waals surface area contributed by atoms with Gasteiger partial charge in [0.25, 0.3) is 0 Å². The number of rotatable bonds is 2. The second-order valence-corrected chi connectivity index (χ2v) is 14.1. The topological polar surface area (TPSA) is 9.86 Å². The minimum atomic E-state index is -0.0150. The fourth-order valence-corrected chi connectivity index (χ4v) is 9.17. The van der Waals surface area contributed by atoms with Crippen molar-refractivity contribution in [2.75, 3.05) is 0 Å². The van der Waals surface area contributed by atoms with Crippen molar-refractivity contribution >= 4 is 43.6 Å². The highest BCUT2D eigenvalue weighted by atomic mass is 15.0. The van der Waals surface area contributed by atoms with Crippen LogP contribution in [0, 0.1) is 0 Å². The average molecular weight is 613 g/mol. The van der Waals surface area contributed by atoms with E-state index in [0.29, 0.717) is 0 Å². The van der Waals surface area contributed by atoms with Gasteiger partial charge in [0.05, 0.1) is 22.1 Å². The number of hydrogen-bond acceptors (Lipinski definition) is 0. The zero-order chi connectivity index (χ0) is 31.7. The standard InChI is InChI=1S/C46H32N2/c1-46(2)38-16-8-5-13-33(38)37-27-31(21-22-39(37)46)48-41-18-10-7-15-35(41)45-43(48)24-23-42-44(45)34-14-6-9-17-40(34)47(42)30-20-19-29-25-28-11-3-4-12-32(28)36(29)26-30/h3-24,26-27H,25H2,1-2H3. The molecule has 2 heteroatoms. The molecule has 0 bridgehead atoms.